The molecule has 0 spiro atoms. The summed E-state index contributed by atoms with van der Waals surface area (Å²) in [6.45, 7) is 5.55. The van der Waals surface area contributed by atoms with Crippen molar-refractivity contribution in [3.8, 4) is 0 Å². The number of halogens is 1. The highest BCUT2D eigenvalue weighted by Crippen LogP contribution is 2.22. The van der Waals surface area contributed by atoms with E-state index in [0.29, 0.717) is 36.2 Å². The van der Waals surface area contributed by atoms with Crippen molar-refractivity contribution in [1.29, 1.82) is 0 Å². The number of amides is 7. The zero-order valence-electron chi connectivity index (χ0n) is 36.9. The molecule has 2 aromatic heterocycles. The van der Waals surface area contributed by atoms with Crippen LogP contribution in [0.5, 0.6) is 0 Å². The van der Waals surface area contributed by atoms with Gasteiger partial charge < -0.3 is 48.5 Å². The van der Waals surface area contributed by atoms with Gasteiger partial charge in [-0.25, -0.2) is 14.8 Å². The van der Waals surface area contributed by atoms with Gasteiger partial charge in [0.2, 0.25) is 23.7 Å². The van der Waals surface area contributed by atoms with E-state index in [1.165, 1.54) is 55.6 Å². The fourth-order valence-corrected chi connectivity index (χ4v) is 6.93. The number of nitrogens with one attached hydrogen (secondary N) is 6. The SMILES string of the molecule is CC(C)[C@H](NC(=O)CCCCCN1C(=O)C=CC1=O)C(=O)N[C@@H](C)C(=O)Nc1ccc(C(=O)NCCC[C@H](NC(=O)c2ccc(NCc3cnc4nc(N)nc(N)c4n3)cc2)C(=O)O)c(Cl)c1. The number of carboxylic acids is 1. The van der Waals surface area contributed by atoms with E-state index in [1.54, 1.807) is 26.0 Å². The van der Waals surface area contributed by atoms with Gasteiger partial charge in [0.05, 0.1) is 29.0 Å². The Morgan fingerprint density at radius 2 is 1.51 bits per heavy atom. The number of benzene rings is 2. The molecule has 0 saturated carbocycles. The largest absolute Gasteiger partial charge is 0.480 e. The van der Waals surface area contributed by atoms with Crippen molar-refractivity contribution in [2.75, 3.05) is 35.2 Å². The molecule has 5 rings (SSSR count). The van der Waals surface area contributed by atoms with Gasteiger partial charge in [-0.05, 0) is 81.0 Å². The van der Waals surface area contributed by atoms with Gasteiger partial charge in [-0.15, -0.1) is 0 Å². The van der Waals surface area contributed by atoms with Crippen molar-refractivity contribution >= 4 is 93.2 Å². The van der Waals surface area contributed by atoms with Crippen LogP contribution in [0.4, 0.5) is 23.1 Å². The molecule has 11 N–H and O–H groups in total. The predicted octanol–water partition coefficient (Wildman–Crippen LogP) is 2.31. The zero-order chi connectivity index (χ0) is 48.8. The lowest BCUT2D eigenvalue weighted by Crippen LogP contribution is -2.53. The summed E-state index contributed by atoms with van der Waals surface area (Å²) in [4.78, 5) is 118. The van der Waals surface area contributed by atoms with Crippen LogP contribution >= 0.6 is 11.6 Å². The maximum atomic E-state index is 13.1. The lowest BCUT2D eigenvalue weighted by molar-refractivity contribution is -0.139. The third-order valence-electron chi connectivity index (χ3n) is 10.4. The number of aliphatic carboxylic acids is 1. The van der Waals surface area contributed by atoms with E-state index in [1.807, 2.05) is 0 Å². The van der Waals surface area contributed by atoms with Crippen LogP contribution in [0.25, 0.3) is 11.2 Å². The molecule has 67 heavy (non-hydrogen) atoms. The van der Waals surface area contributed by atoms with Gasteiger partial charge in [-0.1, -0.05) is 31.9 Å². The number of imide groups is 1. The standard InChI is InChI=1S/C44H52ClN13O9/c1-23(2)35(55-32(59)9-5-4-6-19-58-33(60)16-17-34(58)61)42(65)51-24(3)39(62)53-27-14-15-29(30(45)20-27)41(64)48-18-7-8-31(43(66)67)54-40(63)25-10-12-26(13-11-25)49-21-28-22-50-38-36(52-28)37(46)56-44(47)57-38/h10-17,20,22-24,31,35,49H,4-9,18-19,21H2,1-3H3,(H,48,64)(H,51,65)(H,53,62)(H,54,63)(H,55,59)(H,66,67)(H4,46,47,50,56,57)/t24-,31-,35-/m0/s1. The number of nitrogen functional groups attached to an aromatic ring is 2. The summed E-state index contributed by atoms with van der Waals surface area (Å²) in [6, 6.07) is 7.36. The lowest BCUT2D eigenvalue weighted by Gasteiger charge is -2.24. The number of hydrogen-bond donors (Lipinski definition) is 9. The van der Waals surface area contributed by atoms with Gasteiger partial charge in [0.25, 0.3) is 23.6 Å². The average molecular weight is 942 g/mol. The van der Waals surface area contributed by atoms with Gasteiger partial charge in [0, 0.05) is 48.6 Å². The predicted molar refractivity (Wildman–Crippen MR) is 247 cm³/mol. The molecule has 4 aromatic rings. The first-order chi connectivity index (χ1) is 31.9. The van der Waals surface area contributed by atoms with E-state index in [9.17, 15) is 43.5 Å². The second kappa shape index (κ2) is 23.4. The van der Waals surface area contributed by atoms with Crippen molar-refractivity contribution < 1.29 is 43.5 Å². The Kier molecular flexibility index (Phi) is 17.6. The Morgan fingerprint density at radius 3 is 2.18 bits per heavy atom. The number of unbranched alkanes of at least 4 members (excludes halogenated alkanes) is 2. The molecule has 1 aliphatic rings. The summed E-state index contributed by atoms with van der Waals surface area (Å²) in [5, 5.41) is 26.1. The number of rotatable bonds is 23. The molecule has 0 fully saturated rings. The molecule has 1 aliphatic heterocycles. The van der Waals surface area contributed by atoms with E-state index in [4.69, 9.17) is 23.1 Å². The Hall–Kier alpha value is -7.75. The first-order valence-electron chi connectivity index (χ1n) is 21.3. The molecule has 2 aromatic carbocycles. The van der Waals surface area contributed by atoms with Crippen LogP contribution in [0.2, 0.25) is 5.02 Å². The number of nitrogens with two attached hydrogens (primary N) is 2. The first-order valence-corrected chi connectivity index (χ1v) is 21.7. The van der Waals surface area contributed by atoms with Crippen LogP contribution in [-0.4, -0.2) is 108 Å². The van der Waals surface area contributed by atoms with Crippen LogP contribution in [0, 0.1) is 5.92 Å². The number of carbonyl (C=O) groups is 8. The van der Waals surface area contributed by atoms with E-state index in [2.05, 4.69) is 51.8 Å². The van der Waals surface area contributed by atoms with Crippen LogP contribution in [0.1, 0.15) is 85.7 Å². The number of hydrogen-bond acceptors (Lipinski definition) is 15. The molecule has 22 nitrogen and oxygen atoms in total. The van der Waals surface area contributed by atoms with E-state index >= 15 is 0 Å². The molecule has 0 aliphatic carbocycles. The maximum Gasteiger partial charge on any atom is 0.326 e. The van der Waals surface area contributed by atoms with Gasteiger partial charge in [0.15, 0.2) is 17.0 Å². The van der Waals surface area contributed by atoms with Gasteiger partial charge >= 0.3 is 5.97 Å². The second-order valence-electron chi connectivity index (χ2n) is 15.9. The Bertz CT molecular complexity index is 2540. The zero-order valence-corrected chi connectivity index (χ0v) is 37.7. The molecule has 0 unspecified atom stereocenters. The Morgan fingerprint density at radius 1 is 0.806 bits per heavy atom. The molecule has 23 heteroatoms. The summed E-state index contributed by atoms with van der Waals surface area (Å²) < 4.78 is 0. The highest BCUT2D eigenvalue weighted by molar-refractivity contribution is 6.34. The van der Waals surface area contributed by atoms with E-state index < -0.39 is 47.7 Å². The third-order valence-corrected chi connectivity index (χ3v) is 10.7. The molecule has 3 atom stereocenters. The number of carboxylic acid groups (broad SMARTS) is 1. The smallest absolute Gasteiger partial charge is 0.326 e. The van der Waals surface area contributed by atoms with Crippen molar-refractivity contribution in [2.45, 2.75) is 84.0 Å². The van der Waals surface area contributed by atoms with Gasteiger partial charge in [0.1, 0.15) is 18.1 Å². The minimum absolute atomic E-state index is 0.000747. The topological polar surface area (TPSA) is 336 Å². The van der Waals surface area contributed by atoms with Gasteiger partial charge in [-0.2, -0.15) is 9.97 Å². The summed E-state index contributed by atoms with van der Waals surface area (Å²) in [6.07, 6.45) is 5.87. The number of nitrogens with zero attached hydrogens (tertiary/aromatic N) is 5. The van der Waals surface area contributed by atoms with Crippen LogP contribution in [-0.2, 0) is 35.3 Å². The molecular formula is C44H52ClN13O9. The molecule has 3 heterocycles. The molecule has 0 bridgehead atoms. The highest BCUT2D eigenvalue weighted by Gasteiger charge is 2.28. The minimum Gasteiger partial charge on any atom is -0.480 e. The molecule has 0 saturated heterocycles. The van der Waals surface area contributed by atoms with Crippen molar-refractivity contribution in [3.63, 3.8) is 0 Å². The average Bonchev–Trinajstić information content (AvgIpc) is 3.60. The van der Waals surface area contributed by atoms with Crippen LogP contribution < -0.4 is 43.4 Å². The Labute approximate surface area is 389 Å². The summed E-state index contributed by atoms with van der Waals surface area (Å²) >= 11 is 6.40. The maximum absolute atomic E-state index is 13.1. The minimum atomic E-state index is -1.25. The quantitative estimate of drug-likeness (QED) is 0.0381. The molecule has 354 valence electrons. The Balaban J connectivity index is 1.01. The number of anilines is 4. The number of aromatic nitrogens is 4. The van der Waals surface area contributed by atoms with Crippen LogP contribution in [0.15, 0.2) is 60.8 Å². The second-order valence-corrected chi connectivity index (χ2v) is 16.3. The summed E-state index contributed by atoms with van der Waals surface area (Å²) in [5.74, 6) is -4.86. The fourth-order valence-electron chi connectivity index (χ4n) is 6.66. The lowest BCUT2D eigenvalue weighted by atomic mass is 10.0. The number of fused-ring (bicyclic) bond motifs is 1. The summed E-state index contributed by atoms with van der Waals surface area (Å²) in [7, 11) is 0. The third kappa shape index (κ3) is 14.4. The summed E-state index contributed by atoms with van der Waals surface area (Å²) in [5.41, 5.74) is 13.8. The number of carbonyl (C=O) groups excluding carboxylic acids is 7. The molecule has 0 radical (unpaired) electrons. The van der Waals surface area contributed by atoms with Crippen molar-refractivity contribution in [3.05, 3.63) is 82.7 Å². The van der Waals surface area contributed by atoms with E-state index in [0.717, 1.165) is 4.90 Å². The van der Waals surface area contributed by atoms with Crippen molar-refractivity contribution in [2.24, 2.45) is 5.92 Å². The first kappa shape index (κ1) is 50.3. The normalized spacial score (nSPS) is 13.5. The fraction of sp³-hybridized carbons (Fsp3) is 0.364. The van der Waals surface area contributed by atoms with E-state index in [-0.39, 0.29) is 102 Å². The van der Waals surface area contributed by atoms with Crippen molar-refractivity contribution in [1.82, 2.24) is 46.1 Å². The van der Waals surface area contributed by atoms with Gasteiger partial charge in [-0.3, -0.25) is 38.5 Å². The highest BCUT2D eigenvalue weighted by atomic mass is 35.5. The molecular weight excluding hydrogens is 890 g/mol. The van der Waals surface area contributed by atoms with Crippen LogP contribution in [0.3, 0.4) is 0 Å². The monoisotopic (exact) mass is 941 g/mol. The molecule has 7 amide bonds.